The summed E-state index contributed by atoms with van der Waals surface area (Å²) in [5.41, 5.74) is 3.26. The van der Waals surface area contributed by atoms with Crippen molar-refractivity contribution in [3.63, 3.8) is 0 Å². The van der Waals surface area contributed by atoms with Crippen molar-refractivity contribution in [1.82, 2.24) is 14.5 Å². The minimum absolute atomic E-state index is 0.0978. The van der Waals surface area contributed by atoms with Crippen molar-refractivity contribution < 1.29 is 17.6 Å². The molecule has 2 heterocycles. The molecule has 0 aliphatic carbocycles. The van der Waals surface area contributed by atoms with Crippen molar-refractivity contribution in [2.24, 2.45) is 11.8 Å². The van der Waals surface area contributed by atoms with Gasteiger partial charge in [-0.3, -0.25) is 4.68 Å². The molecule has 33 heavy (non-hydrogen) atoms. The lowest BCUT2D eigenvalue weighted by atomic mass is 10.1. The molecule has 4 rings (SSSR count). The molecule has 0 radical (unpaired) electrons. The number of hydrogen-bond donors (Lipinski definition) is 1. The van der Waals surface area contributed by atoms with Gasteiger partial charge < -0.3 is 9.21 Å². The molecule has 0 aliphatic heterocycles. The van der Waals surface area contributed by atoms with E-state index < -0.39 is 16.1 Å². The maximum Gasteiger partial charge on any atom is 0.241 e. The lowest BCUT2D eigenvalue weighted by Gasteiger charge is -2.16. The Morgan fingerprint density at radius 1 is 1.06 bits per heavy atom. The number of aromatic nitrogens is 2. The first-order valence-electron chi connectivity index (χ1n) is 11.2. The minimum Gasteiger partial charge on any atom is -0.456 e. The number of nitrogens with zero attached hydrogens (tertiary/aromatic N) is 2. The molecule has 1 unspecified atom stereocenters. The second kappa shape index (κ2) is 9.11. The number of carbonyl (C=O) groups excluding carboxylic acids is 1. The van der Waals surface area contributed by atoms with Gasteiger partial charge in [0, 0.05) is 29.1 Å². The third-order valence-corrected chi connectivity index (χ3v) is 7.53. The zero-order chi connectivity index (χ0) is 23.8. The van der Waals surface area contributed by atoms with Crippen molar-refractivity contribution in [1.29, 1.82) is 0 Å². The predicted octanol–water partition coefficient (Wildman–Crippen LogP) is 5.00. The molecule has 2 aromatic carbocycles. The molecule has 2 atom stereocenters. The number of nitrogens with one attached hydrogen (secondary N) is 1. The van der Waals surface area contributed by atoms with Crippen molar-refractivity contribution in [2.45, 2.75) is 51.6 Å². The van der Waals surface area contributed by atoms with Crippen LogP contribution in [0.3, 0.4) is 0 Å². The summed E-state index contributed by atoms with van der Waals surface area (Å²) in [6.07, 6.45) is 5.60. The van der Waals surface area contributed by atoms with Gasteiger partial charge in [0.15, 0.2) is 0 Å². The number of carbonyl (C=O) groups is 1. The fraction of sp³-hybridized carbons (Fsp3) is 0.360. The minimum atomic E-state index is -3.85. The summed E-state index contributed by atoms with van der Waals surface area (Å²) >= 11 is 0. The lowest BCUT2D eigenvalue weighted by Crippen LogP contribution is -2.39. The van der Waals surface area contributed by atoms with Gasteiger partial charge in [0.05, 0.1) is 17.1 Å². The predicted molar refractivity (Wildman–Crippen MR) is 129 cm³/mol. The van der Waals surface area contributed by atoms with E-state index in [1.165, 1.54) is 6.07 Å². The standard InChI is InChI=1S/C25H29N3O4S/c1-5-17(4)13-28-14-19(12-26-28)18-6-8-21-22-11-20(7-9-24(22)32-25(21)10-18)33(30,31)27-23(15-29)16(2)3/h6-12,14-17,23,27H,5,13H2,1-4H3/t17?,23-/m0/s1. The van der Waals surface area contributed by atoms with Crippen LogP contribution in [0.1, 0.15) is 34.1 Å². The van der Waals surface area contributed by atoms with Crippen molar-refractivity contribution in [2.75, 3.05) is 0 Å². The van der Waals surface area contributed by atoms with Crippen molar-refractivity contribution >= 4 is 38.2 Å². The summed E-state index contributed by atoms with van der Waals surface area (Å²) < 4.78 is 36.1. The smallest absolute Gasteiger partial charge is 0.241 e. The van der Waals surface area contributed by atoms with Crippen LogP contribution >= 0.6 is 0 Å². The monoisotopic (exact) mass is 467 g/mol. The topological polar surface area (TPSA) is 94.2 Å². The van der Waals surface area contributed by atoms with E-state index >= 15 is 0 Å². The molecule has 0 fully saturated rings. The molecule has 0 aliphatic rings. The SMILES string of the molecule is CCC(C)Cn1cc(-c2ccc3c(c2)oc2ccc(S(=O)(=O)N[C@@H](C=O)C(C)C)cc23)cn1. The van der Waals surface area contributed by atoms with Gasteiger partial charge in [0.2, 0.25) is 10.0 Å². The number of benzene rings is 2. The van der Waals surface area contributed by atoms with E-state index in [0.717, 1.165) is 29.5 Å². The van der Waals surface area contributed by atoms with Crippen LogP contribution in [0, 0.1) is 11.8 Å². The zero-order valence-corrected chi connectivity index (χ0v) is 20.1. The van der Waals surface area contributed by atoms with Crippen LogP contribution in [0.25, 0.3) is 33.1 Å². The normalized spacial score (nSPS) is 14.2. The molecule has 0 saturated carbocycles. The Morgan fingerprint density at radius 3 is 2.55 bits per heavy atom. The highest BCUT2D eigenvalue weighted by molar-refractivity contribution is 7.89. The average Bonchev–Trinajstić information content (AvgIpc) is 3.40. The van der Waals surface area contributed by atoms with Gasteiger partial charge in [-0.2, -0.15) is 5.10 Å². The van der Waals surface area contributed by atoms with Crippen LogP contribution < -0.4 is 4.72 Å². The first kappa shape index (κ1) is 23.2. The molecule has 8 heteroatoms. The number of aldehydes is 1. The Hall–Kier alpha value is -2.97. The average molecular weight is 468 g/mol. The summed E-state index contributed by atoms with van der Waals surface area (Å²) in [6.45, 7) is 8.83. The van der Waals surface area contributed by atoms with Gasteiger partial charge in [-0.25, -0.2) is 13.1 Å². The van der Waals surface area contributed by atoms with E-state index in [4.69, 9.17) is 4.42 Å². The first-order chi connectivity index (χ1) is 15.7. The Balaban J connectivity index is 1.68. The molecular weight excluding hydrogens is 438 g/mol. The van der Waals surface area contributed by atoms with Gasteiger partial charge >= 0.3 is 0 Å². The third-order valence-electron chi connectivity index (χ3n) is 6.07. The van der Waals surface area contributed by atoms with Crippen LogP contribution in [0.5, 0.6) is 0 Å². The lowest BCUT2D eigenvalue weighted by molar-refractivity contribution is -0.110. The Labute approximate surface area is 193 Å². The van der Waals surface area contributed by atoms with Crippen LogP contribution in [0.2, 0.25) is 0 Å². The van der Waals surface area contributed by atoms with Gasteiger partial charge in [-0.05, 0) is 47.7 Å². The van der Waals surface area contributed by atoms with E-state index in [9.17, 15) is 13.2 Å². The Morgan fingerprint density at radius 2 is 1.85 bits per heavy atom. The highest BCUT2D eigenvalue weighted by Crippen LogP contribution is 2.33. The fourth-order valence-electron chi connectivity index (χ4n) is 3.73. The Kier molecular flexibility index (Phi) is 6.41. The van der Waals surface area contributed by atoms with E-state index in [2.05, 4.69) is 23.7 Å². The van der Waals surface area contributed by atoms with Crippen LogP contribution in [0.4, 0.5) is 0 Å². The summed E-state index contributed by atoms with van der Waals surface area (Å²) in [6, 6.07) is 9.84. The Bertz CT molecular complexity index is 1400. The van der Waals surface area contributed by atoms with E-state index in [1.807, 2.05) is 35.3 Å². The molecule has 1 N–H and O–H groups in total. The van der Waals surface area contributed by atoms with E-state index in [-0.39, 0.29) is 10.8 Å². The summed E-state index contributed by atoms with van der Waals surface area (Å²) in [4.78, 5) is 11.4. The molecule has 0 saturated heterocycles. The zero-order valence-electron chi connectivity index (χ0n) is 19.3. The maximum absolute atomic E-state index is 12.8. The summed E-state index contributed by atoms with van der Waals surface area (Å²) in [7, 11) is -3.85. The molecule has 0 amide bonds. The number of rotatable bonds is 9. The highest BCUT2D eigenvalue weighted by atomic mass is 32.2. The van der Waals surface area contributed by atoms with Crippen LogP contribution in [0.15, 0.2) is 58.1 Å². The largest absolute Gasteiger partial charge is 0.456 e. The number of furan rings is 1. The van der Waals surface area contributed by atoms with Crippen molar-refractivity contribution in [3.8, 4) is 11.1 Å². The highest BCUT2D eigenvalue weighted by Gasteiger charge is 2.23. The molecule has 0 spiro atoms. The van der Waals surface area contributed by atoms with E-state index in [0.29, 0.717) is 28.8 Å². The molecular formula is C25H29N3O4S. The molecule has 7 nitrogen and oxygen atoms in total. The van der Waals surface area contributed by atoms with Crippen molar-refractivity contribution in [3.05, 3.63) is 48.8 Å². The van der Waals surface area contributed by atoms with E-state index in [1.54, 1.807) is 26.0 Å². The van der Waals surface area contributed by atoms with Gasteiger partial charge in [0.1, 0.15) is 17.5 Å². The number of hydrogen-bond acceptors (Lipinski definition) is 5. The summed E-state index contributed by atoms with van der Waals surface area (Å²) in [5, 5.41) is 6.01. The quantitative estimate of drug-likeness (QED) is 0.350. The second-order valence-electron chi connectivity index (χ2n) is 8.96. The van der Waals surface area contributed by atoms with Gasteiger partial charge in [-0.15, -0.1) is 0 Å². The van der Waals surface area contributed by atoms with Gasteiger partial charge in [0.25, 0.3) is 0 Å². The van der Waals surface area contributed by atoms with Crippen LogP contribution in [-0.4, -0.2) is 30.5 Å². The molecule has 0 bridgehead atoms. The molecule has 174 valence electrons. The second-order valence-corrected chi connectivity index (χ2v) is 10.7. The number of sulfonamides is 1. The summed E-state index contributed by atoms with van der Waals surface area (Å²) in [5.74, 6) is 0.404. The fourth-order valence-corrected chi connectivity index (χ4v) is 5.07. The number of fused-ring (bicyclic) bond motifs is 3. The maximum atomic E-state index is 12.8. The van der Waals surface area contributed by atoms with Crippen LogP contribution in [-0.2, 0) is 21.4 Å². The molecule has 4 aromatic rings. The molecule has 2 aromatic heterocycles. The van der Waals surface area contributed by atoms with Gasteiger partial charge in [-0.1, -0.05) is 40.2 Å². The third kappa shape index (κ3) is 4.72. The first-order valence-corrected chi connectivity index (χ1v) is 12.7.